The maximum atomic E-state index is 12.0. The maximum Gasteiger partial charge on any atom is 0.319 e. The molecule has 4 nitrogen and oxygen atoms in total. The van der Waals surface area contributed by atoms with Crippen molar-refractivity contribution in [3.63, 3.8) is 0 Å². The van der Waals surface area contributed by atoms with Gasteiger partial charge >= 0.3 is 6.03 Å². The minimum atomic E-state index is -0.236. The van der Waals surface area contributed by atoms with Gasteiger partial charge in [-0.25, -0.2) is 4.79 Å². The number of anilines is 1. The summed E-state index contributed by atoms with van der Waals surface area (Å²) in [7, 11) is 0. The SMILES string of the molecule is Cc1ccc(C)c(NC(=O)NC(C)c2ccc(C)o2)c1. The molecule has 0 radical (unpaired) electrons. The fraction of sp³-hybridized carbons (Fsp3) is 0.312. The summed E-state index contributed by atoms with van der Waals surface area (Å²) in [5, 5.41) is 5.73. The van der Waals surface area contributed by atoms with Crippen molar-refractivity contribution < 1.29 is 9.21 Å². The van der Waals surface area contributed by atoms with Gasteiger partial charge in [0.15, 0.2) is 0 Å². The second kappa shape index (κ2) is 5.82. The predicted octanol–water partition coefficient (Wildman–Crippen LogP) is 4.09. The molecule has 0 fully saturated rings. The van der Waals surface area contributed by atoms with Gasteiger partial charge in [-0.1, -0.05) is 12.1 Å². The lowest BCUT2D eigenvalue weighted by atomic mass is 10.1. The Kier molecular flexibility index (Phi) is 4.13. The number of aryl methyl sites for hydroxylation is 3. The second-order valence-electron chi connectivity index (χ2n) is 5.09. The first kappa shape index (κ1) is 14.2. The van der Waals surface area contributed by atoms with Crippen LogP contribution in [-0.2, 0) is 0 Å². The Morgan fingerprint density at radius 1 is 1.15 bits per heavy atom. The first-order valence-corrected chi connectivity index (χ1v) is 6.67. The summed E-state index contributed by atoms with van der Waals surface area (Å²) in [6.07, 6.45) is 0. The fourth-order valence-electron chi connectivity index (χ4n) is 1.98. The van der Waals surface area contributed by atoms with Crippen LogP contribution in [0.4, 0.5) is 10.5 Å². The van der Waals surface area contributed by atoms with Crippen LogP contribution >= 0.6 is 0 Å². The Labute approximate surface area is 119 Å². The molecule has 0 aliphatic rings. The monoisotopic (exact) mass is 272 g/mol. The first-order valence-electron chi connectivity index (χ1n) is 6.67. The van der Waals surface area contributed by atoms with Crippen LogP contribution in [-0.4, -0.2) is 6.03 Å². The average Bonchev–Trinajstić information content (AvgIpc) is 2.80. The van der Waals surface area contributed by atoms with E-state index in [-0.39, 0.29) is 12.1 Å². The van der Waals surface area contributed by atoms with Gasteiger partial charge in [-0.3, -0.25) is 0 Å². The first-order chi connectivity index (χ1) is 9.45. The van der Waals surface area contributed by atoms with Gasteiger partial charge in [0, 0.05) is 5.69 Å². The van der Waals surface area contributed by atoms with Crippen molar-refractivity contribution in [1.82, 2.24) is 5.32 Å². The summed E-state index contributed by atoms with van der Waals surface area (Å²) in [6, 6.07) is 9.32. The van der Waals surface area contributed by atoms with Gasteiger partial charge in [-0.05, 0) is 57.0 Å². The molecule has 0 aliphatic carbocycles. The molecular weight excluding hydrogens is 252 g/mol. The predicted molar refractivity (Wildman–Crippen MR) is 79.9 cm³/mol. The number of rotatable bonds is 3. The van der Waals surface area contributed by atoms with Gasteiger partial charge < -0.3 is 15.1 Å². The summed E-state index contributed by atoms with van der Waals surface area (Å²) in [5.74, 6) is 1.59. The number of benzene rings is 1. The van der Waals surface area contributed by atoms with Crippen LogP contribution in [0.5, 0.6) is 0 Å². The molecule has 0 bridgehead atoms. The van der Waals surface area contributed by atoms with Crippen molar-refractivity contribution in [1.29, 1.82) is 0 Å². The Bertz CT molecular complexity index is 617. The number of hydrogen-bond acceptors (Lipinski definition) is 2. The molecule has 4 heteroatoms. The normalized spacial score (nSPS) is 12.0. The van der Waals surface area contributed by atoms with E-state index in [9.17, 15) is 4.79 Å². The molecule has 2 aromatic rings. The quantitative estimate of drug-likeness (QED) is 0.884. The van der Waals surface area contributed by atoms with Gasteiger partial charge in [-0.2, -0.15) is 0 Å². The molecule has 1 atom stereocenters. The minimum absolute atomic E-state index is 0.172. The molecule has 2 rings (SSSR count). The van der Waals surface area contributed by atoms with Crippen molar-refractivity contribution in [3.8, 4) is 0 Å². The zero-order valence-electron chi connectivity index (χ0n) is 12.3. The van der Waals surface area contributed by atoms with Crippen molar-refractivity contribution in [2.75, 3.05) is 5.32 Å². The topological polar surface area (TPSA) is 54.3 Å². The van der Waals surface area contributed by atoms with Crippen molar-refractivity contribution in [2.24, 2.45) is 0 Å². The molecule has 1 unspecified atom stereocenters. The molecule has 20 heavy (non-hydrogen) atoms. The Hall–Kier alpha value is -2.23. The van der Waals surface area contributed by atoms with E-state index >= 15 is 0 Å². The van der Waals surface area contributed by atoms with E-state index in [0.717, 1.165) is 28.3 Å². The molecule has 0 saturated heterocycles. The lowest BCUT2D eigenvalue weighted by Gasteiger charge is -2.14. The number of carbonyl (C=O) groups is 1. The number of amides is 2. The highest BCUT2D eigenvalue weighted by Gasteiger charge is 2.13. The van der Waals surface area contributed by atoms with Gasteiger partial charge in [0.05, 0.1) is 6.04 Å². The van der Waals surface area contributed by atoms with Crippen LogP contribution in [0.1, 0.15) is 35.6 Å². The van der Waals surface area contributed by atoms with E-state index in [2.05, 4.69) is 10.6 Å². The van der Waals surface area contributed by atoms with E-state index in [1.807, 2.05) is 58.0 Å². The molecule has 2 amide bonds. The molecular formula is C16H20N2O2. The van der Waals surface area contributed by atoms with E-state index in [1.165, 1.54) is 0 Å². The Morgan fingerprint density at radius 3 is 2.55 bits per heavy atom. The Morgan fingerprint density at radius 2 is 1.90 bits per heavy atom. The summed E-state index contributed by atoms with van der Waals surface area (Å²) >= 11 is 0. The smallest absolute Gasteiger partial charge is 0.319 e. The van der Waals surface area contributed by atoms with Crippen LogP contribution in [0.3, 0.4) is 0 Å². The standard InChI is InChI=1S/C16H20N2O2/c1-10-5-6-11(2)14(9-10)18-16(19)17-13(4)15-8-7-12(3)20-15/h5-9,13H,1-4H3,(H2,17,18,19). The third-order valence-corrected chi connectivity index (χ3v) is 3.18. The summed E-state index contributed by atoms with van der Waals surface area (Å²) in [5.41, 5.74) is 2.97. The van der Waals surface area contributed by atoms with Gasteiger partial charge in [-0.15, -0.1) is 0 Å². The number of nitrogens with one attached hydrogen (secondary N) is 2. The van der Waals surface area contributed by atoms with Crippen molar-refractivity contribution in [2.45, 2.75) is 33.7 Å². The van der Waals surface area contributed by atoms with Crippen molar-refractivity contribution >= 4 is 11.7 Å². The average molecular weight is 272 g/mol. The largest absolute Gasteiger partial charge is 0.464 e. The molecule has 1 aromatic heterocycles. The van der Waals surface area contributed by atoms with E-state index in [4.69, 9.17) is 4.42 Å². The fourth-order valence-corrected chi connectivity index (χ4v) is 1.98. The van der Waals surface area contributed by atoms with Crippen LogP contribution in [0.15, 0.2) is 34.7 Å². The number of hydrogen-bond donors (Lipinski definition) is 2. The summed E-state index contributed by atoms with van der Waals surface area (Å²) < 4.78 is 5.50. The molecule has 106 valence electrons. The lowest BCUT2D eigenvalue weighted by Crippen LogP contribution is -2.31. The highest BCUT2D eigenvalue weighted by Crippen LogP contribution is 2.18. The summed E-state index contributed by atoms with van der Waals surface area (Å²) in [6.45, 7) is 7.73. The minimum Gasteiger partial charge on any atom is -0.464 e. The van der Waals surface area contributed by atoms with Gasteiger partial charge in [0.2, 0.25) is 0 Å². The second-order valence-corrected chi connectivity index (χ2v) is 5.09. The van der Waals surface area contributed by atoms with Crippen LogP contribution in [0.25, 0.3) is 0 Å². The van der Waals surface area contributed by atoms with Crippen LogP contribution in [0.2, 0.25) is 0 Å². The zero-order valence-corrected chi connectivity index (χ0v) is 12.3. The molecule has 2 N–H and O–H groups in total. The number of urea groups is 1. The molecule has 1 aromatic carbocycles. The number of furan rings is 1. The third kappa shape index (κ3) is 3.41. The van der Waals surface area contributed by atoms with E-state index in [1.54, 1.807) is 0 Å². The highest BCUT2D eigenvalue weighted by molar-refractivity contribution is 5.90. The Balaban J connectivity index is 2.00. The number of carbonyl (C=O) groups excluding carboxylic acids is 1. The molecule has 0 spiro atoms. The molecule has 0 aliphatic heterocycles. The highest BCUT2D eigenvalue weighted by atomic mass is 16.3. The molecule has 1 heterocycles. The lowest BCUT2D eigenvalue weighted by molar-refractivity contribution is 0.247. The zero-order chi connectivity index (χ0) is 14.7. The van der Waals surface area contributed by atoms with Gasteiger partial charge in [0.1, 0.15) is 11.5 Å². The van der Waals surface area contributed by atoms with Crippen LogP contribution in [0, 0.1) is 20.8 Å². The maximum absolute atomic E-state index is 12.0. The van der Waals surface area contributed by atoms with E-state index < -0.39 is 0 Å². The van der Waals surface area contributed by atoms with Crippen molar-refractivity contribution in [3.05, 3.63) is 53.0 Å². The third-order valence-electron chi connectivity index (χ3n) is 3.18. The molecule has 0 saturated carbocycles. The van der Waals surface area contributed by atoms with Gasteiger partial charge in [0.25, 0.3) is 0 Å². The van der Waals surface area contributed by atoms with Crippen LogP contribution < -0.4 is 10.6 Å². The van der Waals surface area contributed by atoms with E-state index in [0.29, 0.717) is 0 Å². The summed E-state index contributed by atoms with van der Waals surface area (Å²) in [4.78, 5) is 12.0.